The monoisotopic (exact) mass is 352 g/mol. The van der Waals surface area contributed by atoms with Gasteiger partial charge in [-0.05, 0) is 47.2 Å². The number of fused-ring (bicyclic) bond motifs is 1. The average molecular weight is 353 g/mol. The molecule has 0 N–H and O–H groups in total. The zero-order valence-corrected chi connectivity index (χ0v) is 13.1. The third kappa shape index (κ3) is 2.48. The van der Waals surface area contributed by atoms with Crippen LogP contribution in [0.4, 0.5) is 4.39 Å². The molecule has 21 heavy (non-hydrogen) atoms. The minimum Gasteiger partial charge on any atom is -0.479 e. The summed E-state index contributed by atoms with van der Waals surface area (Å²) in [7, 11) is 1.45. The molecule has 3 rings (SSSR count). The fraction of sp³-hybridized carbons (Fsp3) is 0.333. The maximum atomic E-state index is 13.9. The Morgan fingerprint density at radius 1 is 1.33 bits per heavy atom. The molecule has 0 fully saturated rings. The summed E-state index contributed by atoms with van der Waals surface area (Å²) in [6, 6.07) is 4.66. The molecule has 0 unspecified atom stereocenters. The van der Waals surface area contributed by atoms with Gasteiger partial charge in [0.1, 0.15) is 10.3 Å². The molecule has 0 saturated heterocycles. The van der Waals surface area contributed by atoms with Gasteiger partial charge in [-0.15, -0.1) is 0 Å². The Hall–Kier alpha value is -1.69. The first-order valence-corrected chi connectivity index (χ1v) is 7.55. The molecule has 0 bridgehead atoms. The zero-order valence-electron chi connectivity index (χ0n) is 11.5. The van der Waals surface area contributed by atoms with E-state index in [0.29, 0.717) is 5.69 Å². The van der Waals surface area contributed by atoms with Gasteiger partial charge in [-0.25, -0.2) is 9.37 Å². The van der Waals surface area contributed by atoms with Crippen LogP contribution in [-0.2, 0) is 12.8 Å². The average Bonchev–Trinajstić information content (AvgIpc) is 2.50. The molecule has 2 heterocycles. The summed E-state index contributed by atoms with van der Waals surface area (Å²) in [5, 5.41) is 0. The van der Waals surface area contributed by atoms with Crippen LogP contribution in [0.5, 0.6) is 5.88 Å². The van der Waals surface area contributed by atoms with Crippen LogP contribution in [0.15, 0.2) is 27.6 Å². The maximum Gasteiger partial charge on any atom is 0.255 e. The first-order valence-electron chi connectivity index (χ1n) is 6.76. The number of rotatable bonds is 2. The number of nitrogens with zero attached hydrogens (tertiary/aromatic N) is 2. The predicted octanol–water partition coefficient (Wildman–Crippen LogP) is 3.02. The molecule has 0 aliphatic heterocycles. The van der Waals surface area contributed by atoms with Crippen LogP contribution in [0.3, 0.4) is 0 Å². The van der Waals surface area contributed by atoms with Crippen molar-refractivity contribution in [1.82, 2.24) is 9.55 Å². The van der Waals surface area contributed by atoms with Crippen LogP contribution in [0.2, 0.25) is 0 Å². The second-order valence-corrected chi connectivity index (χ2v) is 5.73. The summed E-state index contributed by atoms with van der Waals surface area (Å²) in [5.74, 6) is -0.296. The van der Waals surface area contributed by atoms with Gasteiger partial charge in [0.25, 0.3) is 5.56 Å². The third-order valence-corrected chi connectivity index (χ3v) is 4.27. The number of aryl methyl sites for hydroxylation is 1. The molecule has 110 valence electrons. The maximum absolute atomic E-state index is 13.9. The van der Waals surface area contributed by atoms with Crippen molar-refractivity contribution in [3.05, 3.63) is 50.2 Å². The van der Waals surface area contributed by atoms with E-state index in [4.69, 9.17) is 4.74 Å². The van der Waals surface area contributed by atoms with Crippen LogP contribution in [0.1, 0.15) is 24.1 Å². The highest BCUT2D eigenvalue weighted by Crippen LogP contribution is 2.28. The van der Waals surface area contributed by atoms with Crippen molar-refractivity contribution < 1.29 is 9.13 Å². The van der Waals surface area contributed by atoms with Crippen LogP contribution in [0, 0.1) is 5.82 Å². The molecular formula is C15H14BrFN2O2. The molecule has 1 aliphatic rings. The van der Waals surface area contributed by atoms with Crippen LogP contribution < -0.4 is 10.3 Å². The van der Waals surface area contributed by atoms with E-state index in [9.17, 15) is 9.18 Å². The van der Waals surface area contributed by atoms with Crippen LogP contribution in [0.25, 0.3) is 5.69 Å². The number of methoxy groups -OCH3 is 1. The third-order valence-electron chi connectivity index (χ3n) is 3.71. The van der Waals surface area contributed by atoms with Gasteiger partial charge in [-0.1, -0.05) is 6.07 Å². The van der Waals surface area contributed by atoms with E-state index in [1.165, 1.54) is 23.8 Å². The van der Waals surface area contributed by atoms with Crippen LogP contribution in [-0.4, -0.2) is 16.7 Å². The molecule has 6 heteroatoms. The Morgan fingerprint density at radius 3 is 2.86 bits per heavy atom. The number of hydrogen-bond donors (Lipinski definition) is 0. The minimum atomic E-state index is -0.522. The lowest BCUT2D eigenvalue weighted by Crippen LogP contribution is -2.25. The topological polar surface area (TPSA) is 44.1 Å². The summed E-state index contributed by atoms with van der Waals surface area (Å²) in [6.45, 7) is 0. The highest BCUT2D eigenvalue weighted by molar-refractivity contribution is 9.10. The molecule has 0 atom stereocenters. The van der Waals surface area contributed by atoms with Gasteiger partial charge >= 0.3 is 0 Å². The summed E-state index contributed by atoms with van der Waals surface area (Å²) in [4.78, 5) is 16.3. The van der Waals surface area contributed by atoms with Crippen molar-refractivity contribution in [3.63, 3.8) is 0 Å². The molecule has 0 radical (unpaired) electrons. The molecular weight excluding hydrogens is 339 g/mol. The quantitative estimate of drug-likeness (QED) is 0.780. The van der Waals surface area contributed by atoms with E-state index in [-0.39, 0.29) is 16.0 Å². The molecule has 1 aliphatic carbocycles. The van der Waals surface area contributed by atoms with E-state index < -0.39 is 5.82 Å². The highest BCUT2D eigenvalue weighted by Gasteiger charge is 2.20. The van der Waals surface area contributed by atoms with Crippen molar-refractivity contribution in [2.75, 3.05) is 7.11 Å². The van der Waals surface area contributed by atoms with E-state index in [2.05, 4.69) is 20.9 Å². The lowest BCUT2D eigenvalue weighted by molar-refractivity contribution is 0.391. The first-order chi connectivity index (χ1) is 10.1. The number of halogens is 2. The Bertz CT molecular complexity index is 758. The normalized spacial score (nSPS) is 13.9. The molecule has 0 saturated carbocycles. The van der Waals surface area contributed by atoms with Crippen molar-refractivity contribution in [2.24, 2.45) is 0 Å². The van der Waals surface area contributed by atoms with E-state index in [1.807, 2.05) is 6.07 Å². The first kappa shape index (κ1) is 14.3. The van der Waals surface area contributed by atoms with Gasteiger partial charge in [-0.2, -0.15) is 0 Å². The smallest absolute Gasteiger partial charge is 0.255 e. The second kappa shape index (κ2) is 5.60. The van der Waals surface area contributed by atoms with Gasteiger partial charge < -0.3 is 4.74 Å². The summed E-state index contributed by atoms with van der Waals surface area (Å²) >= 11 is 3.03. The lowest BCUT2D eigenvalue weighted by Gasteiger charge is -2.21. The largest absolute Gasteiger partial charge is 0.479 e. The molecule has 2 aromatic heterocycles. The predicted molar refractivity (Wildman–Crippen MR) is 80.7 cm³/mol. The number of ether oxygens (including phenoxy) is 1. The Labute approximate surface area is 129 Å². The Morgan fingerprint density at radius 2 is 2.10 bits per heavy atom. The van der Waals surface area contributed by atoms with Gasteiger partial charge in [0, 0.05) is 17.8 Å². The standard InChI is InChI=1S/C15H14BrFN2O2/c1-21-15-12(8-10(17)14(16)18-15)19-11-5-3-2-4-9(11)6-7-13(19)20/h6-8H,2-5H2,1H3. The van der Waals surface area contributed by atoms with Gasteiger partial charge in [0.2, 0.25) is 5.88 Å². The van der Waals surface area contributed by atoms with Crippen molar-refractivity contribution in [3.8, 4) is 11.6 Å². The fourth-order valence-corrected chi connectivity index (χ4v) is 3.02. The fourth-order valence-electron chi connectivity index (χ4n) is 2.74. The highest BCUT2D eigenvalue weighted by atomic mass is 79.9. The SMILES string of the molecule is COc1nc(Br)c(F)cc1-n1c2c(ccc1=O)CCCC2. The van der Waals surface area contributed by atoms with E-state index in [1.54, 1.807) is 0 Å². The van der Waals surface area contributed by atoms with E-state index in [0.717, 1.165) is 36.9 Å². The molecule has 2 aromatic rings. The van der Waals surface area contributed by atoms with E-state index >= 15 is 0 Å². The summed E-state index contributed by atoms with van der Waals surface area (Å²) in [5.41, 5.74) is 2.21. The second-order valence-electron chi connectivity index (χ2n) is 4.98. The van der Waals surface area contributed by atoms with Gasteiger partial charge in [0.05, 0.1) is 7.11 Å². The van der Waals surface area contributed by atoms with Crippen molar-refractivity contribution in [1.29, 1.82) is 0 Å². The van der Waals surface area contributed by atoms with Crippen molar-refractivity contribution in [2.45, 2.75) is 25.7 Å². The van der Waals surface area contributed by atoms with Crippen molar-refractivity contribution >= 4 is 15.9 Å². The minimum absolute atomic E-state index is 0.0703. The van der Waals surface area contributed by atoms with Gasteiger partial charge in [-0.3, -0.25) is 9.36 Å². The van der Waals surface area contributed by atoms with Crippen LogP contribution >= 0.6 is 15.9 Å². The van der Waals surface area contributed by atoms with Gasteiger partial charge in [0.15, 0.2) is 5.82 Å². The Kier molecular flexibility index (Phi) is 3.80. The Balaban J connectivity index is 2.30. The number of pyridine rings is 2. The lowest BCUT2D eigenvalue weighted by atomic mass is 9.95. The number of hydrogen-bond acceptors (Lipinski definition) is 3. The summed E-state index contributed by atoms with van der Waals surface area (Å²) < 4.78 is 20.7. The molecule has 0 amide bonds. The zero-order chi connectivity index (χ0) is 15.0. The molecule has 4 nitrogen and oxygen atoms in total. The molecule has 0 spiro atoms. The number of aromatic nitrogens is 2. The summed E-state index contributed by atoms with van der Waals surface area (Å²) in [6.07, 6.45) is 3.86. The molecule has 0 aromatic carbocycles.